The van der Waals surface area contributed by atoms with Crippen LogP contribution in [0.4, 0.5) is 5.69 Å². The molecule has 4 aromatic rings. The second-order valence-electron chi connectivity index (χ2n) is 9.57. The summed E-state index contributed by atoms with van der Waals surface area (Å²) in [6.07, 6.45) is 0. The number of ether oxygens (including phenoxy) is 3. The highest BCUT2D eigenvalue weighted by Gasteiger charge is 2.33. The molecule has 1 aromatic heterocycles. The molecule has 9 nitrogen and oxygen atoms in total. The highest BCUT2D eigenvalue weighted by molar-refractivity contribution is 7.99. The molecule has 0 aliphatic rings. The minimum absolute atomic E-state index is 0.000856. The number of thioether (sulfide) groups is 1. The molecule has 2 amide bonds. The maximum absolute atomic E-state index is 14.2. The number of hydrogen-bond acceptors (Lipinski definition) is 8. The third-order valence-electron chi connectivity index (χ3n) is 6.56. The van der Waals surface area contributed by atoms with Crippen LogP contribution in [-0.4, -0.2) is 53.8 Å². The Bertz CT molecular complexity index is 1560. The molecule has 0 fully saturated rings. The van der Waals surface area contributed by atoms with Crippen LogP contribution < -0.4 is 19.5 Å². The van der Waals surface area contributed by atoms with Gasteiger partial charge in [-0.1, -0.05) is 53.7 Å². The number of anilines is 1. The fourth-order valence-corrected chi connectivity index (χ4v) is 5.49. The zero-order valence-electron chi connectivity index (χ0n) is 24.6. The number of aryl methyl sites for hydroxylation is 2. The summed E-state index contributed by atoms with van der Waals surface area (Å²) in [7, 11) is 4.62. The van der Waals surface area contributed by atoms with Crippen LogP contribution in [0, 0.1) is 13.8 Å². The molecule has 0 aliphatic carbocycles. The van der Waals surface area contributed by atoms with E-state index in [0.717, 1.165) is 11.4 Å². The lowest BCUT2D eigenvalue weighted by Crippen LogP contribution is -2.42. The Hall–Kier alpha value is -4.28. The second-order valence-corrected chi connectivity index (χ2v) is 10.9. The van der Waals surface area contributed by atoms with Gasteiger partial charge in [-0.2, -0.15) is 0 Å². The normalized spacial score (nSPS) is 11.4. The zero-order valence-corrected chi connectivity index (χ0v) is 26.2. The van der Waals surface area contributed by atoms with Crippen LogP contribution in [0.15, 0.2) is 78.0 Å². The van der Waals surface area contributed by atoms with Gasteiger partial charge in [0.1, 0.15) is 23.3 Å². The molecule has 3 aromatic carbocycles. The maximum atomic E-state index is 14.2. The first-order valence-corrected chi connectivity index (χ1v) is 14.7. The van der Waals surface area contributed by atoms with E-state index in [1.807, 2.05) is 38.1 Å². The van der Waals surface area contributed by atoms with Crippen LogP contribution in [0.1, 0.15) is 28.6 Å². The number of carbonyl (C=O) groups is 2. The van der Waals surface area contributed by atoms with Crippen LogP contribution in [0.5, 0.6) is 17.2 Å². The number of amides is 2. The highest BCUT2D eigenvalue weighted by Crippen LogP contribution is 2.33. The third kappa shape index (κ3) is 8.18. The summed E-state index contributed by atoms with van der Waals surface area (Å²) in [6.45, 7) is 3.83. The standard InChI is InChI=1S/C32H33ClN4O5S/c1-20-16-21(2)35-32(34-20)43-19-29(38)37(18-23-8-6-7-9-26(23)33)30(22-10-12-24(40-3)13-11-22)31(39)36-27-15-14-25(41-4)17-28(27)42-5/h6-17,30H,18-19H2,1-5H3,(H,36,39). The summed E-state index contributed by atoms with van der Waals surface area (Å²) in [4.78, 5) is 38.7. The molecule has 0 saturated carbocycles. The molecule has 11 heteroatoms. The Morgan fingerprint density at radius 2 is 1.53 bits per heavy atom. The van der Waals surface area contributed by atoms with Crippen LogP contribution in [-0.2, 0) is 16.1 Å². The van der Waals surface area contributed by atoms with Crippen molar-refractivity contribution < 1.29 is 23.8 Å². The van der Waals surface area contributed by atoms with Crippen molar-refractivity contribution in [2.45, 2.75) is 31.6 Å². The lowest BCUT2D eigenvalue weighted by molar-refractivity contribution is -0.137. The molecule has 1 atom stereocenters. The Labute approximate surface area is 260 Å². The van der Waals surface area contributed by atoms with Crippen molar-refractivity contribution in [1.29, 1.82) is 0 Å². The van der Waals surface area contributed by atoms with Gasteiger partial charge in [0.2, 0.25) is 5.91 Å². The van der Waals surface area contributed by atoms with Crippen molar-refractivity contribution in [3.05, 3.63) is 100 Å². The lowest BCUT2D eigenvalue weighted by atomic mass is 10.0. The molecule has 0 spiro atoms. The molecule has 43 heavy (non-hydrogen) atoms. The molecule has 1 heterocycles. The van der Waals surface area contributed by atoms with E-state index in [-0.39, 0.29) is 18.2 Å². The van der Waals surface area contributed by atoms with Crippen molar-refractivity contribution in [1.82, 2.24) is 14.9 Å². The SMILES string of the molecule is COc1ccc(C(C(=O)Nc2ccc(OC)cc2OC)N(Cc2ccccc2Cl)C(=O)CSc2nc(C)cc(C)n2)cc1. The van der Waals surface area contributed by atoms with Gasteiger partial charge in [0.25, 0.3) is 5.91 Å². The van der Waals surface area contributed by atoms with E-state index in [4.69, 9.17) is 25.8 Å². The number of nitrogens with zero attached hydrogens (tertiary/aromatic N) is 3. The first-order valence-electron chi connectivity index (χ1n) is 13.4. The summed E-state index contributed by atoms with van der Waals surface area (Å²) < 4.78 is 16.1. The van der Waals surface area contributed by atoms with Gasteiger partial charge in [-0.3, -0.25) is 9.59 Å². The summed E-state index contributed by atoms with van der Waals surface area (Å²) in [6, 6.07) is 20.2. The first-order chi connectivity index (χ1) is 20.7. The van der Waals surface area contributed by atoms with Crippen LogP contribution in [0.2, 0.25) is 5.02 Å². The molecular weight excluding hydrogens is 588 g/mol. The van der Waals surface area contributed by atoms with E-state index in [9.17, 15) is 9.59 Å². The maximum Gasteiger partial charge on any atom is 0.251 e. The third-order valence-corrected chi connectivity index (χ3v) is 7.76. The summed E-state index contributed by atoms with van der Waals surface area (Å²) >= 11 is 7.75. The second kappa shape index (κ2) is 14.8. The Morgan fingerprint density at radius 1 is 0.884 bits per heavy atom. The average molecular weight is 621 g/mol. The Balaban J connectivity index is 1.75. The van der Waals surface area contributed by atoms with E-state index in [1.165, 1.54) is 23.8 Å². The fourth-order valence-electron chi connectivity index (χ4n) is 4.46. The number of aromatic nitrogens is 2. The topological polar surface area (TPSA) is 103 Å². The van der Waals surface area contributed by atoms with E-state index in [2.05, 4.69) is 15.3 Å². The van der Waals surface area contributed by atoms with Crippen molar-refractivity contribution in [2.24, 2.45) is 0 Å². The van der Waals surface area contributed by atoms with Crippen molar-refractivity contribution in [3.8, 4) is 17.2 Å². The van der Waals surface area contributed by atoms with Gasteiger partial charge in [-0.05, 0) is 61.4 Å². The molecule has 0 bridgehead atoms. The van der Waals surface area contributed by atoms with Gasteiger partial charge < -0.3 is 24.4 Å². The van der Waals surface area contributed by atoms with Gasteiger partial charge in [-0.15, -0.1) is 0 Å². The van der Waals surface area contributed by atoms with Crippen LogP contribution >= 0.6 is 23.4 Å². The number of rotatable bonds is 12. The van der Waals surface area contributed by atoms with E-state index >= 15 is 0 Å². The molecule has 1 unspecified atom stereocenters. The number of nitrogens with one attached hydrogen (secondary N) is 1. The number of carbonyl (C=O) groups excluding carboxylic acids is 2. The van der Waals surface area contributed by atoms with Gasteiger partial charge in [0.15, 0.2) is 5.16 Å². The Kier molecular flexibility index (Phi) is 10.9. The smallest absolute Gasteiger partial charge is 0.251 e. The van der Waals surface area contributed by atoms with Gasteiger partial charge >= 0.3 is 0 Å². The van der Waals surface area contributed by atoms with E-state index in [1.54, 1.807) is 62.8 Å². The number of halogens is 1. The molecule has 0 radical (unpaired) electrons. The van der Waals surface area contributed by atoms with E-state index in [0.29, 0.717) is 44.2 Å². The molecule has 0 saturated heterocycles. The zero-order chi connectivity index (χ0) is 30.9. The lowest BCUT2D eigenvalue weighted by Gasteiger charge is -2.32. The van der Waals surface area contributed by atoms with Crippen molar-refractivity contribution >= 4 is 40.9 Å². The molecule has 4 rings (SSSR count). The first kappa shape index (κ1) is 31.7. The van der Waals surface area contributed by atoms with Gasteiger partial charge in [0, 0.05) is 29.0 Å². The highest BCUT2D eigenvalue weighted by atomic mass is 35.5. The fraction of sp³-hybridized carbons (Fsp3) is 0.250. The number of methoxy groups -OCH3 is 3. The quantitative estimate of drug-likeness (QED) is 0.146. The predicted octanol–water partition coefficient (Wildman–Crippen LogP) is 6.27. The van der Waals surface area contributed by atoms with Crippen molar-refractivity contribution in [2.75, 3.05) is 32.4 Å². The monoisotopic (exact) mass is 620 g/mol. The predicted molar refractivity (Wildman–Crippen MR) is 168 cm³/mol. The van der Waals surface area contributed by atoms with Gasteiger partial charge in [0.05, 0.1) is 32.8 Å². The van der Waals surface area contributed by atoms with E-state index < -0.39 is 11.9 Å². The molecule has 224 valence electrons. The van der Waals surface area contributed by atoms with Crippen LogP contribution in [0.3, 0.4) is 0 Å². The summed E-state index contributed by atoms with van der Waals surface area (Å²) in [5, 5.41) is 3.92. The minimum Gasteiger partial charge on any atom is -0.497 e. The summed E-state index contributed by atoms with van der Waals surface area (Å²) in [5.74, 6) is 0.854. The summed E-state index contributed by atoms with van der Waals surface area (Å²) in [5.41, 5.74) is 3.31. The van der Waals surface area contributed by atoms with Crippen molar-refractivity contribution in [3.63, 3.8) is 0 Å². The molecule has 0 aliphatic heterocycles. The Morgan fingerprint density at radius 3 is 2.16 bits per heavy atom. The molecule has 1 N–H and O–H groups in total. The number of hydrogen-bond donors (Lipinski definition) is 1. The minimum atomic E-state index is -1.04. The largest absolute Gasteiger partial charge is 0.497 e. The van der Waals surface area contributed by atoms with Gasteiger partial charge in [-0.25, -0.2) is 9.97 Å². The molecular formula is C32H33ClN4O5S. The average Bonchev–Trinajstić information content (AvgIpc) is 3.00. The van der Waals surface area contributed by atoms with Crippen LogP contribution in [0.25, 0.3) is 0 Å². The number of benzene rings is 3.